The molecule has 16 heavy (non-hydrogen) atoms. The molecule has 1 unspecified atom stereocenters. The SMILES string of the molecule is C#CC1CC(=O)N(c2cc(C)ccc2I)C1. The molecule has 2 rings (SSSR count). The Morgan fingerprint density at radius 3 is 2.94 bits per heavy atom. The molecule has 0 spiro atoms. The lowest BCUT2D eigenvalue weighted by Crippen LogP contribution is -2.25. The molecule has 0 bridgehead atoms. The largest absolute Gasteiger partial charge is 0.310 e. The van der Waals surface area contributed by atoms with Crippen LogP contribution < -0.4 is 4.90 Å². The van der Waals surface area contributed by atoms with Crippen molar-refractivity contribution in [1.82, 2.24) is 0 Å². The van der Waals surface area contributed by atoms with E-state index in [0.29, 0.717) is 13.0 Å². The van der Waals surface area contributed by atoms with Crippen LogP contribution in [0.3, 0.4) is 0 Å². The molecule has 0 aliphatic carbocycles. The van der Waals surface area contributed by atoms with E-state index in [2.05, 4.69) is 28.5 Å². The van der Waals surface area contributed by atoms with Gasteiger partial charge in [0.05, 0.1) is 5.69 Å². The zero-order valence-electron chi connectivity index (χ0n) is 9.03. The van der Waals surface area contributed by atoms with E-state index < -0.39 is 0 Å². The number of nitrogens with zero attached hydrogens (tertiary/aromatic N) is 1. The van der Waals surface area contributed by atoms with Gasteiger partial charge in [-0.3, -0.25) is 4.79 Å². The second-order valence-corrected chi connectivity index (χ2v) is 5.19. The van der Waals surface area contributed by atoms with Crippen molar-refractivity contribution in [1.29, 1.82) is 0 Å². The van der Waals surface area contributed by atoms with E-state index in [1.165, 1.54) is 0 Å². The Labute approximate surface area is 109 Å². The van der Waals surface area contributed by atoms with Crippen LogP contribution in [0.4, 0.5) is 5.69 Å². The van der Waals surface area contributed by atoms with Gasteiger partial charge >= 0.3 is 0 Å². The fourth-order valence-electron chi connectivity index (χ4n) is 1.88. The maximum absolute atomic E-state index is 11.8. The molecular weight excluding hydrogens is 313 g/mol. The Balaban J connectivity index is 2.35. The third kappa shape index (κ3) is 2.07. The lowest BCUT2D eigenvalue weighted by Gasteiger charge is -2.18. The summed E-state index contributed by atoms with van der Waals surface area (Å²) in [6.45, 7) is 2.67. The maximum Gasteiger partial charge on any atom is 0.228 e. The predicted molar refractivity (Wildman–Crippen MR) is 73.2 cm³/mol. The zero-order chi connectivity index (χ0) is 11.7. The van der Waals surface area contributed by atoms with Gasteiger partial charge in [-0.05, 0) is 47.2 Å². The van der Waals surface area contributed by atoms with Crippen LogP contribution in [-0.2, 0) is 4.79 Å². The van der Waals surface area contributed by atoms with Crippen molar-refractivity contribution in [3.63, 3.8) is 0 Å². The summed E-state index contributed by atoms with van der Waals surface area (Å²) in [6, 6.07) is 6.12. The Bertz CT molecular complexity index is 475. The topological polar surface area (TPSA) is 20.3 Å². The molecule has 0 N–H and O–H groups in total. The van der Waals surface area contributed by atoms with Gasteiger partial charge in [0, 0.05) is 22.5 Å². The molecule has 1 aromatic rings. The van der Waals surface area contributed by atoms with Gasteiger partial charge in [-0.1, -0.05) is 6.07 Å². The Kier molecular flexibility index (Phi) is 3.20. The molecule has 0 aromatic heterocycles. The third-order valence-electron chi connectivity index (χ3n) is 2.75. The number of carbonyl (C=O) groups excluding carboxylic acids is 1. The number of terminal acetylenes is 1. The molecule has 1 saturated heterocycles. The molecule has 1 amide bonds. The van der Waals surface area contributed by atoms with E-state index in [4.69, 9.17) is 6.42 Å². The van der Waals surface area contributed by atoms with Crippen molar-refractivity contribution >= 4 is 34.2 Å². The van der Waals surface area contributed by atoms with Crippen LogP contribution in [0.15, 0.2) is 18.2 Å². The van der Waals surface area contributed by atoms with Gasteiger partial charge in [0.25, 0.3) is 0 Å². The maximum atomic E-state index is 11.8. The van der Waals surface area contributed by atoms with E-state index in [1.54, 1.807) is 4.90 Å². The normalized spacial score (nSPS) is 19.9. The monoisotopic (exact) mass is 325 g/mol. The average Bonchev–Trinajstić information content (AvgIpc) is 2.63. The third-order valence-corrected chi connectivity index (χ3v) is 3.67. The second kappa shape index (κ2) is 4.46. The number of hydrogen-bond donors (Lipinski definition) is 0. The minimum absolute atomic E-state index is 0.0591. The Morgan fingerprint density at radius 2 is 2.31 bits per heavy atom. The standard InChI is InChI=1S/C13H12INO/c1-3-10-7-13(16)15(8-10)12-6-9(2)4-5-11(12)14/h1,4-6,10H,7-8H2,2H3. The van der Waals surface area contributed by atoms with Gasteiger partial charge in [-0.2, -0.15) is 0 Å². The summed E-state index contributed by atoms with van der Waals surface area (Å²) in [4.78, 5) is 13.6. The average molecular weight is 325 g/mol. The molecule has 0 saturated carbocycles. The second-order valence-electron chi connectivity index (χ2n) is 4.03. The number of carbonyl (C=O) groups is 1. The minimum Gasteiger partial charge on any atom is -0.310 e. The number of rotatable bonds is 1. The van der Waals surface area contributed by atoms with Crippen molar-refractivity contribution in [2.75, 3.05) is 11.4 Å². The number of amides is 1. The van der Waals surface area contributed by atoms with Crippen LogP contribution in [0.5, 0.6) is 0 Å². The minimum atomic E-state index is 0.0591. The summed E-state index contributed by atoms with van der Waals surface area (Å²) in [5.41, 5.74) is 2.15. The summed E-state index contributed by atoms with van der Waals surface area (Å²) in [6.07, 6.45) is 5.85. The van der Waals surface area contributed by atoms with Gasteiger partial charge in [0.2, 0.25) is 5.91 Å². The van der Waals surface area contributed by atoms with E-state index in [1.807, 2.05) is 25.1 Å². The van der Waals surface area contributed by atoms with Crippen molar-refractivity contribution in [3.8, 4) is 12.3 Å². The molecule has 1 atom stereocenters. The van der Waals surface area contributed by atoms with E-state index in [9.17, 15) is 4.79 Å². The predicted octanol–water partition coefficient (Wildman–Crippen LogP) is 2.59. The van der Waals surface area contributed by atoms with Crippen LogP contribution in [0.2, 0.25) is 0 Å². The number of benzene rings is 1. The Morgan fingerprint density at radius 1 is 1.56 bits per heavy atom. The molecule has 2 nitrogen and oxygen atoms in total. The number of aryl methyl sites for hydroxylation is 1. The van der Waals surface area contributed by atoms with Crippen LogP contribution in [0.1, 0.15) is 12.0 Å². The molecular formula is C13H12INO. The molecule has 1 aliphatic heterocycles. The van der Waals surface area contributed by atoms with E-state index in [0.717, 1.165) is 14.8 Å². The smallest absolute Gasteiger partial charge is 0.228 e. The molecule has 1 heterocycles. The first-order chi connectivity index (χ1) is 7.61. The highest BCUT2D eigenvalue weighted by molar-refractivity contribution is 14.1. The Hall–Kier alpha value is -1.02. The van der Waals surface area contributed by atoms with Gasteiger partial charge in [0.15, 0.2) is 0 Å². The molecule has 1 fully saturated rings. The molecule has 1 aromatic carbocycles. The highest BCUT2D eigenvalue weighted by Gasteiger charge is 2.30. The van der Waals surface area contributed by atoms with Crippen molar-refractivity contribution in [2.45, 2.75) is 13.3 Å². The summed E-state index contributed by atoms with van der Waals surface area (Å²) in [7, 11) is 0. The summed E-state index contributed by atoms with van der Waals surface area (Å²) < 4.78 is 1.09. The molecule has 82 valence electrons. The van der Waals surface area contributed by atoms with Crippen molar-refractivity contribution in [3.05, 3.63) is 27.3 Å². The zero-order valence-corrected chi connectivity index (χ0v) is 11.2. The number of hydrogen-bond acceptors (Lipinski definition) is 1. The fourth-order valence-corrected chi connectivity index (χ4v) is 2.51. The lowest BCUT2D eigenvalue weighted by atomic mass is 10.1. The number of halogens is 1. The first-order valence-electron chi connectivity index (χ1n) is 5.14. The van der Waals surface area contributed by atoms with Crippen LogP contribution in [-0.4, -0.2) is 12.5 Å². The van der Waals surface area contributed by atoms with Crippen LogP contribution >= 0.6 is 22.6 Å². The fraction of sp³-hybridized carbons (Fsp3) is 0.308. The van der Waals surface area contributed by atoms with Gasteiger partial charge in [0.1, 0.15) is 0 Å². The van der Waals surface area contributed by atoms with Crippen LogP contribution in [0, 0.1) is 28.8 Å². The van der Waals surface area contributed by atoms with Crippen molar-refractivity contribution in [2.24, 2.45) is 5.92 Å². The van der Waals surface area contributed by atoms with E-state index >= 15 is 0 Å². The summed E-state index contributed by atoms with van der Waals surface area (Å²) in [5.74, 6) is 2.85. The summed E-state index contributed by atoms with van der Waals surface area (Å²) >= 11 is 2.25. The highest BCUT2D eigenvalue weighted by atomic mass is 127. The molecule has 3 heteroatoms. The number of anilines is 1. The molecule has 0 radical (unpaired) electrons. The van der Waals surface area contributed by atoms with Gasteiger partial charge in [-0.25, -0.2) is 0 Å². The van der Waals surface area contributed by atoms with Crippen molar-refractivity contribution < 1.29 is 4.79 Å². The van der Waals surface area contributed by atoms with Gasteiger partial charge < -0.3 is 4.90 Å². The summed E-state index contributed by atoms with van der Waals surface area (Å²) in [5, 5.41) is 0. The first kappa shape index (κ1) is 11.5. The quantitative estimate of drug-likeness (QED) is 0.574. The van der Waals surface area contributed by atoms with Crippen LogP contribution in [0.25, 0.3) is 0 Å². The first-order valence-corrected chi connectivity index (χ1v) is 6.22. The molecule has 1 aliphatic rings. The van der Waals surface area contributed by atoms with E-state index in [-0.39, 0.29) is 11.8 Å². The highest BCUT2D eigenvalue weighted by Crippen LogP contribution is 2.29. The van der Waals surface area contributed by atoms with Gasteiger partial charge in [-0.15, -0.1) is 12.3 Å². The lowest BCUT2D eigenvalue weighted by molar-refractivity contribution is -0.117.